The molecule has 5 heteroatoms. The van der Waals surface area contributed by atoms with E-state index in [0.717, 1.165) is 14.8 Å². The van der Waals surface area contributed by atoms with Crippen molar-refractivity contribution in [3.8, 4) is 0 Å². The molecule has 0 saturated heterocycles. The summed E-state index contributed by atoms with van der Waals surface area (Å²) in [5, 5.41) is 5.72. The topological polar surface area (TPSA) is 12.0 Å². The molecule has 1 atom stereocenters. The lowest BCUT2D eigenvalue weighted by atomic mass is 10.1. The SMILES string of the molecule is CCNC(c1cc(Br)c(Br)s1)c1sccc1C. The van der Waals surface area contributed by atoms with Gasteiger partial charge in [-0.2, -0.15) is 0 Å². The number of hydrogen-bond donors (Lipinski definition) is 1. The van der Waals surface area contributed by atoms with Gasteiger partial charge in [0, 0.05) is 14.2 Å². The standard InChI is InChI=1S/C12H13Br2NS2/c1-3-15-10(11-7(2)4-5-16-11)9-6-8(13)12(14)17-9/h4-6,10,15H,3H2,1-2H3. The van der Waals surface area contributed by atoms with Gasteiger partial charge in [0.2, 0.25) is 0 Å². The normalized spacial score (nSPS) is 12.9. The summed E-state index contributed by atoms with van der Waals surface area (Å²) in [4.78, 5) is 2.75. The van der Waals surface area contributed by atoms with Crippen molar-refractivity contribution in [2.45, 2.75) is 19.9 Å². The van der Waals surface area contributed by atoms with Gasteiger partial charge in [-0.3, -0.25) is 0 Å². The largest absolute Gasteiger partial charge is 0.305 e. The predicted molar refractivity (Wildman–Crippen MR) is 84.3 cm³/mol. The van der Waals surface area contributed by atoms with Crippen molar-refractivity contribution in [3.63, 3.8) is 0 Å². The van der Waals surface area contributed by atoms with Gasteiger partial charge in [-0.15, -0.1) is 22.7 Å². The van der Waals surface area contributed by atoms with Gasteiger partial charge < -0.3 is 5.32 Å². The van der Waals surface area contributed by atoms with Crippen LogP contribution < -0.4 is 5.32 Å². The Hall–Kier alpha value is 0.320. The molecule has 1 unspecified atom stereocenters. The highest BCUT2D eigenvalue weighted by Crippen LogP contribution is 2.39. The van der Waals surface area contributed by atoms with Gasteiger partial charge in [-0.25, -0.2) is 0 Å². The Morgan fingerprint density at radius 2 is 2.18 bits per heavy atom. The molecule has 0 saturated carbocycles. The third-order valence-electron chi connectivity index (χ3n) is 2.52. The molecule has 0 spiro atoms. The molecule has 17 heavy (non-hydrogen) atoms. The molecule has 1 N–H and O–H groups in total. The Morgan fingerprint density at radius 1 is 1.41 bits per heavy atom. The van der Waals surface area contributed by atoms with Gasteiger partial charge in [0.25, 0.3) is 0 Å². The molecule has 0 radical (unpaired) electrons. The van der Waals surface area contributed by atoms with Crippen molar-refractivity contribution in [1.82, 2.24) is 5.32 Å². The van der Waals surface area contributed by atoms with E-state index in [4.69, 9.17) is 0 Å². The second-order valence-corrected chi connectivity index (χ2v) is 7.93. The molecule has 2 aromatic heterocycles. The van der Waals surface area contributed by atoms with Gasteiger partial charge >= 0.3 is 0 Å². The molecule has 0 bridgehead atoms. The van der Waals surface area contributed by atoms with Gasteiger partial charge in [0.15, 0.2) is 0 Å². The molecule has 0 aliphatic carbocycles. The lowest BCUT2D eigenvalue weighted by Gasteiger charge is -2.15. The molecule has 2 rings (SSSR count). The summed E-state index contributed by atoms with van der Waals surface area (Å²) in [7, 11) is 0. The lowest BCUT2D eigenvalue weighted by molar-refractivity contribution is 0.646. The minimum absolute atomic E-state index is 0.313. The Labute approximate surface area is 127 Å². The van der Waals surface area contributed by atoms with Crippen LogP contribution in [0, 0.1) is 6.92 Å². The Kier molecular flexibility index (Phi) is 4.83. The van der Waals surface area contributed by atoms with Gasteiger partial charge in [-0.1, -0.05) is 6.92 Å². The van der Waals surface area contributed by atoms with Crippen LogP contribution in [0.3, 0.4) is 0 Å². The summed E-state index contributed by atoms with van der Waals surface area (Å²) < 4.78 is 2.29. The van der Waals surface area contributed by atoms with Crippen LogP contribution in [0.1, 0.15) is 28.3 Å². The van der Waals surface area contributed by atoms with E-state index < -0.39 is 0 Å². The Bertz CT molecular complexity index is 485. The summed E-state index contributed by atoms with van der Waals surface area (Å²) in [5.41, 5.74) is 1.36. The summed E-state index contributed by atoms with van der Waals surface area (Å²) in [6.07, 6.45) is 0. The van der Waals surface area contributed by atoms with E-state index >= 15 is 0 Å². The summed E-state index contributed by atoms with van der Waals surface area (Å²) in [6, 6.07) is 4.69. The van der Waals surface area contributed by atoms with Crippen LogP contribution in [0.2, 0.25) is 0 Å². The van der Waals surface area contributed by atoms with E-state index in [1.807, 2.05) is 11.3 Å². The molecule has 0 amide bonds. The molecule has 0 aromatic carbocycles. The zero-order chi connectivity index (χ0) is 12.4. The minimum atomic E-state index is 0.313. The smallest absolute Gasteiger partial charge is 0.0843 e. The van der Waals surface area contributed by atoms with Crippen LogP contribution in [0.15, 0.2) is 25.8 Å². The van der Waals surface area contributed by atoms with Crippen molar-refractivity contribution < 1.29 is 0 Å². The van der Waals surface area contributed by atoms with E-state index in [0.29, 0.717) is 6.04 Å². The lowest BCUT2D eigenvalue weighted by Crippen LogP contribution is -2.20. The number of halogens is 2. The summed E-state index contributed by atoms with van der Waals surface area (Å²) in [6.45, 7) is 5.29. The van der Waals surface area contributed by atoms with Crippen LogP contribution in [-0.2, 0) is 0 Å². The van der Waals surface area contributed by atoms with Crippen molar-refractivity contribution in [2.75, 3.05) is 6.54 Å². The van der Waals surface area contributed by atoms with E-state index in [2.05, 4.69) is 68.5 Å². The molecular weight excluding hydrogens is 382 g/mol. The molecule has 0 fully saturated rings. The van der Waals surface area contributed by atoms with E-state index in [1.165, 1.54) is 15.3 Å². The summed E-state index contributed by atoms with van der Waals surface area (Å²) >= 11 is 10.7. The number of rotatable bonds is 4. The Balaban J connectivity index is 2.39. The molecule has 2 heterocycles. The van der Waals surface area contributed by atoms with Crippen LogP contribution in [0.5, 0.6) is 0 Å². The number of aryl methyl sites for hydroxylation is 1. The average Bonchev–Trinajstić information content (AvgIpc) is 2.83. The van der Waals surface area contributed by atoms with Crippen molar-refractivity contribution in [2.24, 2.45) is 0 Å². The van der Waals surface area contributed by atoms with Crippen LogP contribution in [-0.4, -0.2) is 6.54 Å². The van der Waals surface area contributed by atoms with Gasteiger partial charge in [0.1, 0.15) is 0 Å². The molecule has 0 aliphatic rings. The van der Waals surface area contributed by atoms with E-state index in [1.54, 1.807) is 11.3 Å². The minimum Gasteiger partial charge on any atom is -0.305 e. The zero-order valence-electron chi connectivity index (χ0n) is 9.59. The molecule has 1 nitrogen and oxygen atoms in total. The van der Waals surface area contributed by atoms with Crippen molar-refractivity contribution in [1.29, 1.82) is 0 Å². The number of nitrogens with one attached hydrogen (secondary N) is 1. The fraction of sp³-hybridized carbons (Fsp3) is 0.333. The molecule has 2 aromatic rings. The monoisotopic (exact) mass is 393 g/mol. The maximum absolute atomic E-state index is 3.56. The van der Waals surface area contributed by atoms with Gasteiger partial charge in [-0.05, 0) is 68.4 Å². The van der Waals surface area contributed by atoms with Crippen LogP contribution >= 0.6 is 54.5 Å². The second kappa shape index (κ2) is 5.97. The fourth-order valence-electron chi connectivity index (χ4n) is 1.71. The molecular formula is C12H13Br2NS2. The maximum atomic E-state index is 3.56. The van der Waals surface area contributed by atoms with Gasteiger partial charge in [0.05, 0.1) is 9.83 Å². The average molecular weight is 395 g/mol. The van der Waals surface area contributed by atoms with Crippen molar-refractivity contribution >= 4 is 54.5 Å². The van der Waals surface area contributed by atoms with E-state index in [9.17, 15) is 0 Å². The fourth-order valence-corrected chi connectivity index (χ4v) is 4.98. The third kappa shape index (κ3) is 3.01. The number of thiophene rings is 2. The van der Waals surface area contributed by atoms with Crippen LogP contribution in [0.25, 0.3) is 0 Å². The molecule has 0 aliphatic heterocycles. The third-order valence-corrected chi connectivity index (χ3v) is 6.93. The first-order valence-electron chi connectivity index (χ1n) is 5.35. The highest BCUT2D eigenvalue weighted by atomic mass is 79.9. The second-order valence-electron chi connectivity index (χ2n) is 3.73. The first-order valence-corrected chi connectivity index (χ1v) is 8.63. The first-order chi connectivity index (χ1) is 8.13. The highest BCUT2D eigenvalue weighted by Gasteiger charge is 2.19. The van der Waals surface area contributed by atoms with Crippen molar-refractivity contribution in [3.05, 3.63) is 41.1 Å². The predicted octanol–water partition coefficient (Wildman–Crippen LogP) is 5.34. The number of hydrogen-bond acceptors (Lipinski definition) is 3. The quantitative estimate of drug-likeness (QED) is 0.737. The molecule has 92 valence electrons. The summed E-state index contributed by atoms with van der Waals surface area (Å²) in [5.74, 6) is 0. The van der Waals surface area contributed by atoms with Crippen LogP contribution in [0.4, 0.5) is 0 Å². The maximum Gasteiger partial charge on any atom is 0.0843 e. The highest BCUT2D eigenvalue weighted by molar-refractivity contribution is 9.13. The first kappa shape index (κ1) is 13.7. The zero-order valence-corrected chi connectivity index (χ0v) is 14.4. The Morgan fingerprint density at radius 3 is 2.65 bits per heavy atom. The van der Waals surface area contributed by atoms with E-state index in [-0.39, 0.29) is 0 Å².